The molecule has 6 heteroatoms. The molecule has 1 heterocycles. The number of aromatic hydroxyl groups is 1. The minimum Gasteiger partial charge on any atom is -0.507 e. The number of pyridine rings is 1. The molecule has 6 rings (SSSR count). The zero-order chi connectivity index (χ0) is 32.3. The summed E-state index contributed by atoms with van der Waals surface area (Å²) in [5.41, 5.74) is 4.46. The molecule has 45 heavy (non-hydrogen) atoms. The lowest BCUT2D eigenvalue weighted by Crippen LogP contribution is -2.18. The molecule has 0 bridgehead atoms. The molecule has 0 aliphatic heterocycles. The van der Waals surface area contributed by atoms with Gasteiger partial charge >= 0.3 is 0 Å². The summed E-state index contributed by atoms with van der Waals surface area (Å²) >= 11 is 0. The number of fused-ring (bicyclic) bond motifs is 3. The monoisotopic (exact) mass is 598 g/mol. The summed E-state index contributed by atoms with van der Waals surface area (Å²) in [7, 11) is 0. The number of nitrogens with one attached hydrogen (secondary N) is 1. The third kappa shape index (κ3) is 5.61. The van der Waals surface area contributed by atoms with E-state index in [9.17, 15) is 19.5 Å². The first-order valence-electron chi connectivity index (χ1n) is 15.4. The summed E-state index contributed by atoms with van der Waals surface area (Å²) in [5.74, 6) is -1.39. The Balaban J connectivity index is 1.26. The number of aromatic nitrogens is 1. The number of amides is 1. The van der Waals surface area contributed by atoms with Gasteiger partial charge in [0.1, 0.15) is 11.7 Å². The molecule has 0 saturated heterocycles. The lowest BCUT2D eigenvalue weighted by Gasteiger charge is -2.28. The van der Waals surface area contributed by atoms with Crippen LogP contribution in [0.4, 0.5) is 5.69 Å². The number of carbonyl (C=O) groups is 3. The predicted molar refractivity (Wildman–Crippen MR) is 180 cm³/mol. The van der Waals surface area contributed by atoms with E-state index < -0.39 is 5.92 Å². The van der Waals surface area contributed by atoms with Crippen LogP contribution in [0.2, 0.25) is 0 Å². The number of ketones is 2. The highest BCUT2D eigenvalue weighted by atomic mass is 16.3. The van der Waals surface area contributed by atoms with Crippen molar-refractivity contribution in [3.05, 3.63) is 112 Å². The van der Waals surface area contributed by atoms with Crippen LogP contribution in [0.25, 0.3) is 21.7 Å². The third-order valence-electron chi connectivity index (χ3n) is 8.68. The van der Waals surface area contributed by atoms with Crippen molar-refractivity contribution in [2.24, 2.45) is 0 Å². The zero-order valence-corrected chi connectivity index (χ0v) is 26.6. The fourth-order valence-electron chi connectivity index (χ4n) is 6.22. The van der Waals surface area contributed by atoms with E-state index in [1.54, 1.807) is 24.3 Å². The Hall–Kier alpha value is -4.84. The van der Waals surface area contributed by atoms with E-state index in [4.69, 9.17) is 4.98 Å². The molecule has 0 radical (unpaired) electrons. The van der Waals surface area contributed by atoms with E-state index in [1.807, 2.05) is 54.6 Å². The molecule has 0 atom stereocenters. The molecule has 1 aliphatic carbocycles. The molecule has 2 N–H and O–H groups in total. The lowest BCUT2D eigenvalue weighted by atomic mass is 9.78. The Kier molecular flexibility index (Phi) is 7.35. The van der Waals surface area contributed by atoms with Crippen LogP contribution in [-0.4, -0.2) is 27.6 Å². The van der Waals surface area contributed by atoms with E-state index in [2.05, 4.69) is 46.9 Å². The highest BCUT2D eigenvalue weighted by Gasteiger charge is 2.41. The number of hydrogen-bond donors (Lipinski definition) is 2. The van der Waals surface area contributed by atoms with Gasteiger partial charge < -0.3 is 10.4 Å². The van der Waals surface area contributed by atoms with Crippen LogP contribution in [0.5, 0.6) is 5.75 Å². The van der Waals surface area contributed by atoms with Crippen molar-refractivity contribution in [3.8, 4) is 5.75 Å². The number of Topliss-reactive ketones (excluding diaryl/α,β-unsaturated/α-hetero) is 2. The number of nitrogens with zero attached hydrogens (tertiary/aromatic N) is 1. The molecule has 1 aromatic heterocycles. The lowest BCUT2D eigenvalue weighted by molar-refractivity contribution is -0.116. The van der Waals surface area contributed by atoms with Crippen LogP contribution < -0.4 is 5.32 Å². The standard InChI is InChI=1S/C39H38N2O4/c1-38(2,3)28-18-22(19-29(37(28)45)39(4,5)6)14-17-32(42)40-31-13-9-12-23-15-16-30(41-34(23)31)33-35(43)26-20-24-10-7-8-11-25(24)21-27(26)36(33)44/h7-13,15-16,18-21,33,45H,14,17H2,1-6H3,(H,40,42). The second kappa shape index (κ2) is 11.0. The van der Waals surface area contributed by atoms with Crippen LogP contribution in [0.1, 0.15) is 97.0 Å². The molecule has 1 aliphatic rings. The van der Waals surface area contributed by atoms with E-state index in [1.165, 1.54) is 0 Å². The number of hydrogen-bond acceptors (Lipinski definition) is 5. The van der Waals surface area contributed by atoms with Crippen molar-refractivity contribution in [2.45, 2.75) is 71.1 Å². The third-order valence-corrected chi connectivity index (χ3v) is 8.68. The molecule has 6 nitrogen and oxygen atoms in total. The van der Waals surface area contributed by atoms with E-state index in [0.717, 1.165) is 32.8 Å². The Morgan fingerprint density at radius 1 is 0.756 bits per heavy atom. The summed E-state index contributed by atoms with van der Waals surface area (Å²) in [6.45, 7) is 12.4. The number of phenols is 1. The summed E-state index contributed by atoms with van der Waals surface area (Å²) < 4.78 is 0. The van der Waals surface area contributed by atoms with Gasteiger partial charge in [0.15, 0.2) is 11.6 Å². The van der Waals surface area contributed by atoms with E-state index in [-0.39, 0.29) is 34.7 Å². The van der Waals surface area contributed by atoms with Crippen molar-refractivity contribution in [2.75, 3.05) is 5.32 Å². The van der Waals surface area contributed by atoms with Crippen LogP contribution in [0, 0.1) is 0 Å². The molecular formula is C39H38N2O4. The number of aryl methyl sites for hydroxylation is 1. The predicted octanol–water partition coefficient (Wildman–Crippen LogP) is 8.42. The van der Waals surface area contributed by atoms with Gasteiger partial charge in [-0.2, -0.15) is 0 Å². The average Bonchev–Trinajstić information content (AvgIpc) is 3.22. The Morgan fingerprint density at radius 3 is 1.87 bits per heavy atom. The summed E-state index contributed by atoms with van der Waals surface area (Å²) in [6, 6.07) is 24.3. The Bertz CT molecular complexity index is 1940. The van der Waals surface area contributed by atoms with E-state index >= 15 is 0 Å². The van der Waals surface area contributed by atoms with Gasteiger partial charge in [0, 0.05) is 22.9 Å². The number of para-hydroxylation sites is 1. The zero-order valence-electron chi connectivity index (χ0n) is 26.6. The van der Waals surface area contributed by atoms with Crippen LogP contribution >= 0.6 is 0 Å². The molecule has 0 unspecified atom stereocenters. The second-order valence-electron chi connectivity index (χ2n) is 14.1. The molecule has 0 fully saturated rings. The minimum absolute atomic E-state index is 0.176. The van der Waals surface area contributed by atoms with Gasteiger partial charge in [-0.3, -0.25) is 14.4 Å². The Morgan fingerprint density at radius 2 is 1.31 bits per heavy atom. The minimum atomic E-state index is -1.02. The largest absolute Gasteiger partial charge is 0.507 e. The summed E-state index contributed by atoms with van der Waals surface area (Å²) in [6.07, 6.45) is 0.732. The number of carbonyl (C=O) groups excluding carboxylic acids is 3. The van der Waals surface area contributed by atoms with Gasteiger partial charge in [-0.05, 0) is 69.0 Å². The summed E-state index contributed by atoms with van der Waals surface area (Å²) in [5, 5.41) is 16.7. The first-order valence-corrected chi connectivity index (χ1v) is 15.4. The number of phenolic OH excluding ortho intramolecular Hbond substituents is 1. The van der Waals surface area contributed by atoms with Gasteiger partial charge in [-0.1, -0.05) is 96.1 Å². The maximum Gasteiger partial charge on any atom is 0.224 e. The first kappa shape index (κ1) is 30.2. The second-order valence-corrected chi connectivity index (χ2v) is 14.1. The quantitative estimate of drug-likeness (QED) is 0.198. The van der Waals surface area contributed by atoms with Crippen LogP contribution in [0.3, 0.4) is 0 Å². The van der Waals surface area contributed by atoms with Crippen molar-refractivity contribution in [3.63, 3.8) is 0 Å². The van der Waals surface area contributed by atoms with Crippen LogP contribution in [-0.2, 0) is 22.0 Å². The van der Waals surface area contributed by atoms with Gasteiger partial charge in [0.25, 0.3) is 0 Å². The molecule has 5 aromatic rings. The fourth-order valence-corrected chi connectivity index (χ4v) is 6.22. The molecule has 228 valence electrons. The molecule has 4 aromatic carbocycles. The molecule has 1 amide bonds. The number of rotatable bonds is 5. The number of benzene rings is 4. The first-order chi connectivity index (χ1) is 21.2. The highest BCUT2D eigenvalue weighted by Crippen LogP contribution is 2.40. The maximum atomic E-state index is 13.5. The van der Waals surface area contributed by atoms with Crippen molar-refractivity contribution in [1.29, 1.82) is 0 Å². The topological polar surface area (TPSA) is 96.4 Å². The highest BCUT2D eigenvalue weighted by molar-refractivity contribution is 6.30. The normalized spacial score (nSPS) is 13.9. The fraction of sp³-hybridized carbons (Fsp3) is 0.282. The van der Waals surface area contributed by atoms with Crippen molar-refractivity contribution < 1.29 is 19.5 Å². The smallest absolute Gasteiger partial charge is 0.224 e. The van der Waals surface area contributed by atoms with Gasteiger partial charge in [0.2, 0.25) is 5.91 Å². The van der Waals surface area contributed by atoms with Crippen molar-refractivity contribution >= 4 is 44.8 Å². The molecule has 0 spiro atoms. The molecular weight excluding hydrogens is 560 g/mol. The van der Waals surface area contributed by atoms with E-state index in [0.29, 0.717) is 40.2 Å². The van der Waals surface area contributed by atoms with Gasteiger partial charge in [-0.15, -0.1) is 0 Å². The number of anilines is 1. The maximum absolute atomic E-state index is 13.5. The van der Waals surface area contributed by atoms with Gasteiger partial charge in [-0.25, -0.2) is 4.98 Å². The van der Waals surface area contributed by atoms with Crippen molar-refractivity contribution in [1.82, 2.24) is 4.98 Å². The average molecular weight is 599 g/mol. The SMILES string of the molecule is CC(C)(C)c1cc(CCC(=O)Nc2cccc3ccc(C4C(=O)c5cc6ccccc6cc5C4=O)nc23)cc(C(C)(C)C)c1O. The Labute approximate surface area is 263 Å². The van der Waals surface area contributed by atoms with Crippen LogP contribution in [0.15, 0.2) is 78.9 Å². The summed E-state index contributed by atoms with van der Waals surface area (Å²) in [4.78, 5) is 45.1. The van der Waals surface area contributed by atoms with Gasteiger partial charge in [0.05, 0.1) is 16.9 Å². The molecule has 0 saturated carbocycles.